The van der Waals surface area contributed by atoms with Crippen LogP contribution in [0, 0.1) is 0 Å². The maximum Gasteiger partial charge on any atom is 0.351 e. The first kappa shape index (κ1) is 16.6. The van der Waals surface area contributed by atoms with Gasteiger partial charge in [0.15, 0.2) is 12.0 Å². The molecule has 0 bridgehead atoms. The van der Waals surface area contributed by atoms with Crippen LogP contribution in [-0.2, 0) is 4.74 Å². The van der Waals surface area contributed by atoms with Gasteiger partial charge in [-0.2, -0.15) is 4.98 Å². The molecule has 4 atom stereocenters. The summed E-state index contributed by atoms with van der Waals surface area (Å²) >= 11 is 0. The molecule has 2 heterocycles. The van der Waals surface area contributed by atoms with Crippen molar-refractivity contribution in [2.75, 3.05) is 20.7 Å². The minimum Gasteiger partial charge on any atom is -0.394 e. The number of aliphatic hydroxyl groups excluding tert-OH is 2. The summed E-state index contributed by atoms with van der Waals surface area (Å²) in [6.45, 7) is 0.865. The molecule has 3 N–H and O–H groups in total. The molecule has 0 spiro atoms. The Hall–Kier alpha value is -1.81. The number of aromatic nitrogens is 2. The maximum atomic E-state index is 12.1. The van der Waals surface area contributed by atoms with Crippen molar-refractivity contribution in [3.8, 4) is 0 Å². The first-order valence-corrected chi connectivity index (χ1v) is 6.74. The third-order valence-corrected chi connectivity index (χ3v) is 3.42. The molecule has 0 saturated carbocycles. The number of ether oxygens (including phenoxy) is 1. The molecule has 122 valence electrons. The molecule has 0 amide bonds. The van der Waals surface area contributed by atoms with E-state index in [9.17, 15) is 15.0 Å². The van der Waals surface area contributed by atoms with Crippen molar-refractivity contribution >= 4 is 12.2 Å². The van der Waals surface area contributed by atoms with Crippen LogP contribution in [0.15, 0.2) is 22.1 Å². The minimum atomic E-state index is -1.73. The van der Waals surface area contributed by atoms with E-state index in [1.54, 1.807) is 19.0 Å². The Morgan fingerprint density at radius 1 is 1.59 bits per heavy atom. The molecule has 0 aliphatic carbocycles. The van der Waals surface area contributed by atoms with Gasteiger partial charge in [-0.15, -0.1) is 0 Å². The fourth-order valence-corrected chi connectivity index (χ4v) is 2.22. The van der Waals surface area contributed by atoms with Crippen molar-refractivity contribution in [3.63, 3.8) is 0 Å². The zero-order valence-corrected chi connectivity index (χ0v) is 12.6. The van der Waals surface area contributed by atoms with Gasteiger partial charge < -0.3 is 25.0 Å². The third kappa shape index (κ3) is 3.02. The molecule has 2 unspecified atom stereocenters. The Labute approximate surface area is 127 Å². The van der Waals surface area contributed by atoms with Crippen molar-refractivity contribution in [2.45, 2.75) is 31.0 Å². The van der Waals surface area contributed by atoms with Gasteiger partial charge in [-0.05, 0) is 13.0 Å². The normalized spacial score (nSPS) is 31.8. The summed E-state index contributed by atoms with van der Waals surface area (Å²) in [5.74, 6) is 0.215. The van der Waals surface area contributed by atoms with E-state index in [4.69, 9.17) is 9.84 Å². The molecule has 1 aromatic rings. The number of nitrogens with zero attached hydrogens (tertiary/aromatic N) is 4. The molecule has 9 nitrogen and oxygen atoms in total. The van der Waals surface area contributed by atoms with Gasteiger partial charge in [0, 0.05) is 20.3 Å². The van der Waals surface area contributed by atoms with Crippen LogP contribution in [0.1, 0.15) is 13.2 Å². The SMILES string of the molecule is CN(C)C=Nc1ccn([C@@H]2O[C@H](CO)C(O)C2(C)O)c(=O)n1. The predicted molar refractivity (Wildman–Crippen MR) is 78.0 cm³/mol. The second kappa shape index (κ2) is 6.13. The summed E-state index contributed by atoms with van der Waals surface area (Å²) in [7, 11) is 3.56. The summed E-state index contributed by atoms with van der Waals surface area (Å²) in [5.41, 5.74) is -2.41. The highest BCUT2D eigenvalue weighted by atomic mass is 16.6. The second-order valence-corrected chi connectivity index (χ2v) is 5.56. The topological polar surface area (TPSA) is 120 Å². The van der Waals surface area contributed by atoms with Gasteiger partial charge in [0.1, 0.15) is 17.8 Å². The van der Waals surface area contributed by atoms with Gasteiger partial charge >= 0.3 is 5.69 Å². The molecular weight excluding hydrogens is 292 g/mol. The van der Waals surface area contributed by atoms with Crippen LogP contribution in [0.25, 0.3) is 0 Å². The fourth-order valence-electron chi connectivity index (χ4n) is 2.22. The van der Waals surface area contributed by atoms with E-state index >= 15 is 0 Å². The van der Waals surface area contributed by atoms with Gasteiger partial charge in [0.2, 0.25) is 0 Å². The van der Waals surface area contributed by atoms with Crippen LogP contribution < -0.4 is 5.69 Å². The Morgan fingerprint density at radius 2 is 2.27 bits per heavy atom. The standard InChI is InChI=1S/C13H20N4O5/c1-13(21)10(19)8(6-18)22-11(13)17-5-4-9(15-12(17)20)14-7-16(2)3/h4-5,7-8,10-11,18-19,21H,6H2,1-3H3/t8-,10?,11-,13?/m1/s1. The second-order valence-electron chi connectivity index (χ2n) is 5.56. The molecule has 2 rings (SSSR count). The van der Waals surface area contributed by atoms with Crippen molar-refractivity contribution in [2.24, 2.45) is 4.99 Å². The molecule has 1 aliphatic heterocycles. The first-order chi connectivity index (χ1) is 10.3. The summed E-state index contributed by atoms with van der Waals surface area (Å²) in [4.78, 5) is 21.6. The molecule has 1 aromatic heterocycles. The highest BCUT2D eigenvalue weighted by Crippen LogP contribution is 2.37. The molecule has 9 heteroatoms. The van der Waals surface area contributed by atoms with Gasteiger partial charge in [-0.3, -0.25) is 4.57 Å². The number of aliphatic hydroxyl groups is 3. The van der Waals surface area contributed by atoms with Gasteiger partial charge in [-0.1, -0.05) is 0 Å². The highest BCUT2D eigenvalue weighted by molar-refractivity contribution is 5.58. The number of aliphatic imine (C=N–C) groups is 1. The van der Waals surface area contributed by atoms with Crippen LogP contribution in [0.2, 0.25) is 0 Å². The van der Waals surface area contributed by atoms with E-state index in [1.807, 2.05) is 0 Å². The van der Waals surface area contributed by atoms with E-state index in [0.29, 0.717) is 0 Å². The Bertz CT molecular complexity index is 613. The minimum absolute atomic E-state index is 0.215. The predicted octanol–water partition coefficient (Wildman–Crippen LogP) is -1.53. The zero-order chi connectivity index (χ0) is 16.5. The van der Waals surface area contributed by atoms with Crippen molar-refractivity contribution < 1.29 is 20.1 Å². The Balaban J connectivity index is 2.32. The highest BCUT2D eigenvalue weighted by Gasteiger charge is 2.53. The Morgan fingerprint density at radius 3 is 2.77 bits per heavy atom. The summed E-state index contributed by atoms with van der Waals surface area (Å²) in [6, 6.07) is 1.49. The largest absolute Gasteiger partial charge is 0.394 e. The monoisotopic (exact) mass is 312 g/mol. The molecule has 22 heavy (non-hydrogen) atoms. The number of hydrogen-bond donors (Lipinski definition) is 3. The lowest BCUT2D eigenvalue weighted by atomic mass is 9.96. The molecule has 1 aliphatic rings. The lowest BCUT2D eigenvalue weighted by Crippen LogP contribution is -2.46. The fraction of sp³-hybridized carbons (Fsp3) is 0.615. The van der Waals surface area contributed by atoms with Gasteiger partial charge in [-0.25, -0.2) is 9.79 Å². The number of rotatable bonds is 4. The Kier molecular flexibility index (Phi) is 4.61. The average Bonchev–Trinajstić information content (AvgIpc) is 2.68. The van der Waals surface area contributed by atoms with E-state index in [0.717, 1.165) is 4.57 Å². The summed E-state index contributed by atoms with van der Waals surface area (Å²) in [5, 5.41) is 29.4. The van der Waals surface area contributed by atoms with Gasteiger partial charge in [0.25, 0.3) is 0 Å². The first-order valence-electron chi connectivity index (χ1n) is 6.74. The average molecular weight is 312 g/mol. The van der Waals surface area contributed by atoms with Gasteiger partial charge in [0.05, 0.1) is 12.9 Å². The van der Waals surface area contributed by atoms with Crippen molar-refractivity contribution in [1.29, 1.82) is 0 Å². The third-order valence-electron chi connectivity index (χ3n) is 3.42. The van der Waals surface area contributed by atoms with E-state index in [2.05, 4.69) is 9.98 Å². The lowest BCUT2D eigenvalue weighted by Gasteiger charge is -2.27. The van der Waals surface area contributed by atoms with Crippen molar-refractivity contribution in [3.05, 3.63) is 22.7 Å². The molecular formula is C13H20N4O5. The van der Waals surface area contributed by atoms with Crippen LogP contribution in [0.5, 0.6) is 0 Å². The molecule has 1 fully saturated rings. The lowest BCUT2D eigenvalue weighted by molar-refractivity contribution is -0.0986. The van der Waals surface area contributed by atoms with Crippen LogP contribution in [-0.4, -0.2) is 74.6 Å². The van der Waals surface area contributed by atoms with Crippen molar-refractivity contribution in [1.82, 2.24) is 14.5 Å². The van der Waals surface area contributed by atoms with E-state index < -0.39 is 36.3 Å². The smallest absolute Gasteiger partial charge is 0.351 e. The maximum absolute atomic E-state index is 12.1. The van der Waals surface area contributed by atoms with Crippen LogP contribution in [0.4, 0.5) is 5.82 Å². The zero-order valence-electron chi connectivity index (χ0n) is 12.6. The quantitative estimate of drug-likeness (QED) is 0.455. The van der Waals surface area contributed by atoms with Crippen LogP contribution >= 0.6 is 0 Å². The van der Waals surface area contributed by atoms with E-state index in [1.165, 1.54) is 25.5 Å². The van der Waals surface area contributed by atoms with Crippen LogP contribution in [0.3, 0.4) is 0 Å². The summed E-state index contributed by atoms with van der Waals surface area (Å²) < 4.78 is 6.43. The van der Waals surface area contributed by atoms with E-state index in [-0.39, 0.29) is 5.82 Å². The molecule has 0 radical (unpaired) electrons. The number of hydrogen-bond acceptors (Lipinski definition) is 7. The summed E-state index contributed by atoms with van der Waals surface area (Å²) in [6.07, 6.45) is -0.561. The molecule has 1 saturated heterocycles. The molecule has 0 aromatic carbocycles.